The van der Waals surface area contributed by atoms with Crippen molar-refractivity contribution in [2.24, 2.45) is 5.92 Å². The van der Waals surface area contributed by atoms with Gasteiger partial charge < -0.3 is 10.2 Å². The normalized spacial score (nSPS) is 15.2. The SMILES string of the molecule is N#Cc1ccc(NC(=O)C2CCN(c3ncc(C(F)(F)F)cc3Cl)CC2)cc1. The molecule has 1 aromatic carbocycles. The van der Waals surface area contributed by atoms with Crippen molar-refractivity contribution in [3.63, 3.8) is 0 Å². The Morgan fingerprint density at radius 3 is 2.43 bits per heavy atom. The van der Waals surface area contributed by atoms with Gasteiger partial charge in [0.2, 0.25) is 5.91 Å². The highest BCUT2D eigenvalue weighted by molar-refractivity contribution is 6.33. The van der Waals surface area contributed by atoms with Gasteiger partial charge in [0.15, 0.2) is 0 Å². The van der Waals surface area contributed by atoms with E-state index < -0.39 is 11.7 Å². The molecule has 1 amide bonds. The maximum Gasteiger partial charge on any atom is 0.417 e. The maximum atomic E-state index is 12.7. The first-order valence-electron chi connectivity index (χ1n) is 8.56. The number of nitrogens with one attached hydrogen (secondary N) is 1. The van der Waals surface area contributed by atoms with Crippen LogP contribution in [0.5, 0.6) is 0 Å². The van der Waals surface area contributed by atoms with Gasteiger partial charge in [-0.3, -0.25) is 4.79 Å². The Labute approximate surface area is 164 Å². The highest BCUT2D eigenvalue weighted by atomic mass is 35.5. The van der Waals surface area contributed by atoms with E-state index >= 15 is 0 Å². The van der Waals surface area contributed by atoms with Crippen molar-refractivity contribution in [2.75, 3.05) is 23.3 Å². The molecule has 0 bridgehead atoms. The molecule has 0 spiro atoms. The number of anilines is 2. The van der Waals surface area contributed by atoms with Gasteiger partial charge in [-0.05, 0) is 43.2 Å². The molecule has 1 N–H and O–H groups in total. The number of pyridine rings is 1. The Bertz CT molecular complexity index is 901. The van der Waals surface area contributed by atoms with Crippen molar-refractivity contribution < 1.29 is 18.0 Å². The minimum Gasteiger partial charge on any atom is -0.355 e. The predicted molar refractivity (Wildman–Crippen MR) is 99.0 cm³/mol. The molecule has 1 saturated heterocycles. The summed E-state index contributed by atoms with van der Waals surface area (Å²) in [6.45, 7) is 0.924. The summed E-state index contributed by atoms with van der Waals surface area (Å²) in [6.07, 6.45) is -2.67. The van der Waals surface area contributed by atoms with Crippen LogP contribution in [0.3, 0.4) is 0 Å². The van der Waals surface area contributed by atoms with Crippen LogP contribution < -0.4 is 10.2 Å². The van der Waals surface area contributed by atoms with Gasteiger partial charge in [-0.15, -0.1) is 0 Å². The molecular weight excluding hydrogens is 393 g/mol. The summed E-state index contributed by atoms with van der Waals surface area (Å²) >= 11 is 5.99. The van der Waals surface area contributed by atoms with Crippen LogP contribution in [0.2, 0.25) is 5.02 Å². The van der Waals surface area contributed by atoms with Gasteiger partial charge in [-0.25, -0.2) is 4.98 Å². The lowest BCUT2D eigenvalue weighted by atomic mass is 9.95. The quantitative estimate of drug-likeness (QED) is 0.813. The summed E-state index contributed by atoms with van der Waals surface area (Å²) in [5, 5.41) is 11.6. The summed E-state index contributed by atoms with van der Waals surface area (Å²) < 4.78 is 38.2. The average Bonchev–Trinajstić information content (AvgIpc) is 2.68. The second-order valence-corrected chi connectivity index (χ2v) is 6.87. The molecule has 5 nitrogen and oxygen atoms in total. The van der Waals surface area contributed by atoms with Gasteiger partial charge >= 0.3 is 6.18 Å². The standard InChI is InChI=1S/C19H16ClF3N4O/c20-16-9-14(19(21,22)23)11-25-17(16)27-7-5-13(6-8-27)18(28)26-15-3-1-12(10-24)2-4-15/h1-4,9,11,13H,5-8H2,(H,26,28). The minimum atomic E-state index is -4.49. The highest BCUT2D eigenvalue weighted by Gasteiger charge is 2.33. The number of hydrogen-bond acceptors (Lipinski definition) is 4. The number of halogens is 4. The number of rotatable bonds is 3. The number of aromatic nitrogens is 1. The van der Waals surface area contributed by atoms with Crippen LogP contribution >= 0.6 is 11.6 Å². The molecule has 1 aromatic heterocycles. The van der Waals surface area contributed by atoms with Gasteiger partial charge in [0.1, 0.15) is 5.82 Å². The van der Waals surface area contributed by atoms with Crippen LogP contribution in [0.4, 0.5) is 24.7 Å². The molecule has 1 aliphatic heterocycles. The van der Waals surface area contributed by atoms with Gasteiger partial charge in [-0.1, -0.05) is 11.6 Å². The molecule has 0 radical (unpaired) electrons. The summed E-state index contributed by atoms with van der Waals surface area (Å²) in [7, 11) is 0. The molecule has 28 heavy (non-hydrogen) atoms. The van der Waals surface area contributed by atoms with E-state index in [0.717, 1.165) is 12.3 Å². The fourth-order valence-corrected chi connectivity index (χ4v) is 3.33. The first-order chi connectivity index (χ1) is 13.3. The maximum absolute atomic E-state index is 12.7. The van der Waals surface area contributed by atoms with E-state index in [9.17, 15) is 18.0 Å². The van der Waals surface area contributed by atoms with Crippen LogP contribution in [0.25, 0.3) is 0 Å². The Balaban J connectivity index is 1.59. The van der Waals surface area contributed by atoms with Crippen molar-refractivity contribution in [1.82, 2.24) is 4.98 Å². The van der Waals surface area contributed by atoms with Gasteiger partial charge in [0.05, 0.1) is 22.2 Å². The van der Waals surface area contributed by atoms with Crippen molar-refractivity contribution in [1.29, 1.82) is 5.26 Å². The number of nitrogens with zero attached hydrogens (tertiary/aromatic N) is 3. The number of carbonyl (C=O) groups excluding carboxylic acids is 1. The summed E-state index contributed by atoms with van der Waals surface area (Å²) in [6, 6.07) is 9.45. The number of nitriles is 1. The highest BCUT2D eigenvalue weighted by Crippen LogP contribution is 2.34. The second kappa shape index (κ2) is 8.07. The molecule has 0 saturated carbocycles. The molecule has 3 rings (SSSR count). The Kier molecular flexibility index (Phi) is 5.75. The molecule has 2 aromatic rings. The Hall–Kier alpha value is -2.79. The third kappa shape index (κ3) is 4.54. The lowest BCUT2D eigenvalue weighted by Crippen LogP contribution is -2.38. The monoisotopic (exact) mass is 408 g/mol. The van der Waals surface area contributed by atoms with E-state index in [1.165, 1.54) is 0 Å². The first-order valence-corrected chi connectivity index (χ1v) is 8.94. The smallest absolute Gasteiger partial charge is 0.355 e. The van der Waals surface area contributed by atoms with Gasteiger partial charge in [0.25, 0.3) is 0 Å². The van der Waals surface area contributed by atoms with E-state index in [1.54, 1.807) is 29.2 Å². The summed E-state index contributed by atoms with van der Waals surface area (Å²) in [4.78, 5) is 18.1. The van der Waals surface area contributed by atoms with E-state index in [2.05, 4.69) is 10.3 Å². The fourth-order valence-electron chi connectivity index (χ4n) is 3.04. The van der Waals surface area contributed by atoms with Crippen LogP contribution in [0, 0.1) is 17.2 Å². The zero-order chi connectivity index (χ0) is 20.3. The number of hydrogen-bond donors (Lipinski definition) is 1. The molecule has 1 fully saturated rings. The fraction of sp³-hybridized carbons (Fsp3) is 0.316. The van der Waals surface area contributed by atoms with Crippen LogP contribution in [0.15, 0.2) is 36.5 Å². The Morgan fingerprint density at radius 2 is 1.89 bits per heavy atom. The lowest BCUT2D eigenvalue weighted by molar-refractivity contribution is -0.137. The third-order valence-corrected chi connectivity index (χ3v) is 4.87. The number of benzene rings is 1. The summed E-state index contributed by atoms with van der Waals surface area (Å²) in [5.41, 5.74) is 0.226. The second-order valence-electron chi connectivity index (χ2n) is 6.47. The molecule has 1 aliphatic rings. The van der Waals surface area contributed by atoms with E-state index in [1.807, 2.05) is 6.07 Å². The number of alkyl halides is 3. The van der Waals surface area contributed by atoms with Crippen LogP contribution in [-0.4, -0.2) is 24.0 Å². The molecule has 9 heteroatoms. The average molecular weight is 409 g/mol. The minimum absolute atomic E-state index is 0.0599. The van der Waals surface area contributed by atoms with Crippen LogP contribution in [-0.2, 0) is 11.0 Å². The third-order valence-electron chi connectivity index (χ3n) is 4.60. The van der Waals surface area contributed by atoms with Crippen molar-refractivity contribution >= 4 is 29.0 Å². The molecule has 0 aliphatic carbocycles. The van der Waals surface area contributed by atoms with Crippen molar-refractivity contribution in [2.45, 2.75) is 19.0 Å². The van der Waals surface area contributed by atoms with Crippen molar-refractivity contribution in [3.8, 4) is 6.07 Å². The number of amides is 1. The summed E-state index contributed by atoms with van der Waals surface area (Å²) in [5.74, 6) is -0.0587. The molecule has 146 valence electrons. The van der Waals surface area contributed by atoms with Gasteiger partial charge in [-0.2, -0.15) is 18.4 Å². The molecule has 2 heterocycles. The van der Waals surface area contributed by atoms with E-state index in [4.69, 9.17) is 16.9 Å². The Morgan fingerprint density at radius 1 is 1.25 bits per heavy atom. The lowest BCUT2D eigenvalue weighted by Gasteiger charge is -2.32. The van der Waals surface area contributed by atoms with E-state index in [-0.39, 0.29) is 16.8 Å². The number of carbonyl (C=O) groups is 1. The predicted octanol–water partition coefficient (Wildman–Crippen LogP) is 4.48. The van der Waals surface area contributed by atoms with Crippen molar-refractivity contribution in [3.05, 3.63) is 52.7 Å². The largest absolute Gasteiger partial charge is 0.417 e. The van der Waals surface area contributed by atoms with Gasteiger partial charge in [0, 0.05) is 30.9 Å². The molecule has 0 unspecified atom stereocenters. The molecule has 0 atom stereocenters. The number of piperidine rings is 1. The van der Waals surface area contributed by atoms with Crippen LogP contribution in [0.1, 0.15) is 24.0 Å². The zero-order valence-corrected chi connectivity index (χ0v) is 15.4. The first kappa shape index (κ1) is 20.0. The topological polar surface area (TPSA) is 69.0 Å². The molecular formula is C19H16ClF3N4O. The zero-order valence-electron chi connectivity index (χ0n) is 14.6. The van der Waals surface area contributed by atoms with E-state index in [0.29, 0.717) is 43.0 Å².